The van der Waals surface area contributed by atoms with Gasteiger partial charge in [-0.1, -0.05) is 0 Å². The van der Waals surface area contributed by atoms with Gasteiger partial charge in [0.25, 0.3) is 5.91 Å². The van der Waals surface area contributed by atoms with E-state index in [9.17, 15) is 14.7 Å². The molecular formula is C18H20N2O3. The molecule has 0 aliphatic heterocycles. The summed E-state index contributed by atoms with van der Waals surface area (Å²) in [5.41, 5.74) is 7.82. The van der Waals surface area contributed by atoms with Crippen molar-refractivity contribution < 1.29 is 14.7 Å². The number of carboxylic acids is 1. The third-order valence-electron chi connectivity index (χ3n) is 5.17. The maximum atomic E-state index is 12.4. The molecule has 0 fully saturated rings. The van der Waals surface area contributed by atoms with Crippen LogP contribution in [-0.4, -0.2) is 28.4 Å². The van der Waals surface area contributed by atoms with Crippen LogP contribution in [0.4, 0.5) is 0 Å². The summed E-state index contributed by atoms with van der Waals surface area (Å²) in [7, 11) is 1.52. The quantitative estimate of drug-likeness (QED) is 0.763. The SMILES string of the molecule is CNC(=O)c1c(C(=O)O)c2c(C)c(C)c(C)c3c(C)c(C)c1n32. The van der Waals surface area contributed by atoms with Crippen LogP contribution in [0.15, 0.2) is 0 Å². The lowest BCUT2D eigenvalue weighted by Gasteiger charge is -2.12. The highest BCUT2D eigenvalue weighted by atomic mass is 16.4. The molecule has 0 radical (unpaired) electrons. The minimum Gasteiger partial charge on any atom is -0.478 e. The van der Waals surface area contributed by atoms with E-state index in [0.717, 1.165) is 33.3 Å². The van der Waals surface area contributed by atoms with E-state index in [4.69, 9.17) is 0 Å². The van der Waals surface area contributed by atoms with Crippen molar-refractivity contribution in [1.82, 2.24) is 9.72 Å². The second kappa shape index (κ2) is 4.72. The molecule has 5 nitrogen and oxygen atoms in total. The van der Waals surface area contributed by atoms with Gasteiger partial charge in [-0.05, 0) is 62.4 Å². The number of nitrogens with zero attached hydrogens (tertiary/aromatic N) is 1. The van der Waals surface area contributed by atoms with Crippen molar-refractivity contribution in [1.29, 1.82) is 0 Å². The van der Waals surface area contributed by atoms with Gasteiger partial charge in [-0.15, -0.1) is 0 Å². The topological polar surface area (TPSA) is 70.8 Å². The van der Waals surface area contributed by atoms with Crippen molar-refractivity contribution in [2.75, 3.05) is 7.05 Å². The van der Waals surface area contributed by atoms with Crippen LogP contribution in [0, 0.1) is 34.6 Å². The van der Waals surface area contributed by atoms with Gasteiger partial charge in [0.15, 0.2) is 0 Å². The van der Waals surface area contributed by atoms with Gasteiger partial charge < -0.3 is 14.8 Å². The molecule has 0 spiro atoms. The van der Waals surface area contributed by atoms with E-state index < -0.39 is 5.97 Å². The predicted molar refractivity (Wildman–Crippen MR) is 90.1 cm³/mol. The summed E-state index contributed by atoms with van der Waals surface area (Å²) in [5.74, 6) is -1.44. The molecule has 1 amide bonds. The van der Waals surface area contributed by atoms with Crippen molar-refractivity contribution in [3.8, 4) is 0 Å². The lowest BCUT2D eigenvalue weighted by Crippen LogP contribution is -2.20. The summed E-state index contributed by atoms with van der Waals surface area (Å²) in [5, 5.41) is 12.3. The number of aromatic carboxylic acids is 1. The number of carbonyl (C=O) groups is 2. The minimum absolute atomic E-state index is 0.0908. The minimum atomic E-state index is -1.07. The number of rotatable bonds is 2. The van der Waals surface area contributed by atoms with E-state index in [1.165, 1.54) is 7.05 Å². The lowest BCUT2D eigenvalue weighted by molar-refractivity contribution is 0.0694. The predicted octanol–water partition coefficient (Wildman–Crippen LogP) is 3.13. The van der Waals surface area contributed by atoms with Crippen LogP contribution >= 0.6 is 0 Å². The molecule has 3 heterocycles. The summed E-state index contributed by atoms with van der Waals surface area (Å²) in [4.78, 5) is 24.4. The smallest absolute Gasteiger partial charge is 0.338 e. The molecule has 0 saturated carbocycles. The zero-order valence-corrected chi connectivity index (χ0v) is 14.2. The van der Waals surface area contributed by atoms with Gasteiger partial charge in [-0.25, -0.2) is 4.79 Å². The van der Waals surface area contributed by atoms with Gasteiger partial charge in [-0.3, -0.25) is 4.79 Å². The molecule has 23 heavy (non-hydrogen) atoms. The molecule has 0 atom stereocenters. The molecule has 3 rings (SSSR count). The molecule has 120 valence electrons. The summed E-state index contributed by atoms with van der Waals surface area (Å²) < 4.78 is 1.95. The highest BCUT2D eigenvalue weighted by Gasteiger charge is 2.31. The molecule has 0 aliphatic rings. The van der Waals surface area contributed by atoms with Crippen LogP contribution in [0.25, 0.3) is 16.6 Å². The van der Waals surface area contributed by atoms with Crippen LogP contribution in [-0.2, 0) is 0 Å². The fraction of sp³-hybridized carbons (Fsp3) is 0.333. The number of hydrogen-bond acceptors (Lipinski definition) is 2. The van der Waals surface area contributed by atoms with Crippen molar-refractivity contribution >= 4 is 28.4 Å². The Morgan fingerprint density at radius 3 is 1.74 bits per heavy atom. The molecule has 0 aromatic carbocycles. The van der Waals surface area contributed by atoms with Crippen molar-refractivity contribution in [3.05, 3.63) is 38.9 Å². The third kappa shape index (κ3) is 1.67. The molecule has 3 aromatic heterocycles. The lowest BCUT2D eigenvalue weighted by atomic mass is 9.97. The van der Waals surface area contributed by atoms with Crippen LogP contribution in [0.1, 0.15) is 48.5 Å². The summed E-state index contributed by atoms with van der Waals surface area (Å²) in [6.07, 6.45) is 0. The number of hydrogen-bond donors (Lipinski definition) is 2. The summed E-state index contributed by atoms with van der Waals surface area (Å²) in [6, 6.07) is 0. The number of amides is 1. The Bertz CT molecular complexity index is 996. The first-order chi connectivity index (χ1) is 10.7. The largest absolute Gasteiger partial charge is 0.478 e. The maximum Gasteiger partial charge on any atom is 0.338 e. The average molecular weight is 312 g/mol. The Morgan fingerprint density at radius 1 is 0.783 bits per heavy atom. The Morgan fingerprint density at radius 2 is 1.22 bits per heavy atom. The van der Waals surface area contributed by atoms with Crippen molar-refractivity contribution in [2.45, 2.75) is 34.6 Å². The van der Waals surface area contributed by atoms with Crippen LogP contribution in [0.5, 0.6) is 0 Å². The van der Waals surface area contributed by atoms with E-state index in [-0.39, 0.29) is 17.0 Å². The van der Waals surface area contributed by atoms with Crippen LogP contribution < -0.4 is 5.32 Å². The van der Waals surface area contributed by atoms with Crippen LogP contribution in [0.3, 0.4) is 0 Å². The number of carboxylic acid groups (broad SMARTS) is 1. The normalized spacial score (nSPS) is 11.6. The van der Waals surface area contributed by atoms with Gasteiger partial charge in [-0.2, -0.15) is 0 Å². The fourth-order valence-corrected chi connectivity index (χ4v) is 3.67. The maximum absolute atomic E-state index is 12.4. The molecule has 0 unspecified atom stereocenters. The van der Waals surface area contributed by atoms with Crippen molar-refractivity contribution in [3.63, 3.8) is 0 Å². The first-order valence-electron chi connectivity index (χ1n) is 7.55. The fourth-order valence-electron chi connectivity index (χ4n) is 3.67. The second-order valence-electron chi connectivity index (χ2n) is 6.14. The summed E-state index contributed by atoms with van der Waals surface area (Å²) in [6.45, 7) is 9.93. The van der Waals surface area contributed by atoms with Gasteiger partial charge in [0, 0.05) is 7.05 Å². The molecular weight excluding hydrogens is 292 g/mol. The zero-order chi connectivity index (χ0) is 17.2. The van der Waals surface area contributed by atoms with Crippen molar-refractivity contribution in [2.24, 2.45) is 0 Å². The number of nitrogens with one attached hydrogen (secondary N) is 1. The van der Waals surface area contributed by atoms with Gasteiger partial charge in [0.2, 0.25) is 0 Å². The van der Waals surface area contributed by atoms with E-state index in [0.29, 0.717) is 11.0 Å². The number of carbonyl (C=O) groups excluding carboxylic acids is 1. The van der Waals surface area contributed by atoms with Gasteiger partial charge in [0.05, 0.1) is 27.7 Å². The Balaban J connectivity index is 2.77. The monoisotopic (exact) mass is 312 g/mol. The molecule has 0 bridgehead atoms. The first kappa shape index (κ1) is 15.3. The molecule has 3 aromatic rings. The van der Waals surface area contributed by atoms with E-state index in [1.54, 1.807) is 0 Å². The highest BCUT2D eigenvalue weighted by molar-refractivity contribution is 6.17. The molecule has 2 N–H and O–H groups in total. The zero-order valence-electron chi connectivity index (χ0n) is 14.2. The standard InChI is InChI=1S/C18H20N2O3/c1-7-8(2)14-10(4)11(5)15-12(17(21)19-6)13(18(22)23)16(9(7)3)20(14)15/h1-6H3,(H,19,21)(H,22,23). The second-order valence-corrected chi connectivity index (χ2v) is 6.14. The van der Waals surface area contributed by atoms with E-state index >= 15 is 0 Å². The number of pyridine rings is 1. The number of aryl methyl sites for hydroxylation is 4. The molecule has 0 saturated heterocycles. The Hall–Kier alpha value is -2.56. The van der Waals surface area contributed by atoms with Crippen LogP contribution in [0.2, 0.25) is 0 Å². The number of aromatic nitrogens is 1. The Labute approximate surface area is 134 Å². The summed E-state index contributed by atoms with van der Waals surface area (Å²) >= 11 is 0. The average Bonchev–Trinajstić information content (AvgIpc) is 2.98. The van der Waals surface area contributed by atoms with Gasteiger partial charge >= 0.3 is 5.97 Å². The first-order valence-corrected chi connectivity index (χ1v) is 7.55. The highest BCUT2D eigenvalue weighted by Crippen LogP contribution is 2.39. The Kier molecular flexibility index (Phi) is 3.15. The van der Waals surface area contributed by atoms with E-state index in [2.05, 4.69) is 5.32 Å². The van der Waals surface area contributed by atoms with E-state index in [1.807, 2.05) is 39.0 Å². The molecule has 0 aliphatic carbocycles. The third-order valence-corrected chi connectivity index (χ3v) is 5.17. The van der Waals surface area contributed by atoms with Gasteiger partial charge in [0.1, 0.15) is 0 Å². The molecule has 5 heteroatoms.